The molecule has 68 valence electrons. The molecule has 0 amide bonds. The lowest BCUT2D eigenvalue weighted by Crippen LogP contribution is -2.07. The van der Waals surface area contributed by atoms with Crippen molar-refractivity contribution in [1.82, 2.24) is 0 Å². The van der Waals surface area contributed by atoms with E-state index in [0.717, 1.165) is 0 Å². The van der Waals surface area contributed by atoms with E-state index < -0.39 is 0 Å². The molecule has 1 atom stereocenters. The van der Waals surface area contributed by atoms with Gasteiger partial charge in [-0.15, -0.1) is 0 Å². The van der Waals surface area contributed by atoms with E-state index >= 15 is 0 Å². The van der Waals surface area contributed by atoms with Crippen LogP contribution in [0, 0.1) is 5.92 Å². The molecule has 0 aromatic heterocycles. The second-order valence-corrected chi connectivity index (χ2v) is 4.54. The molecule has 0 nitrogen and oxygen atoms in total. The van der Waals surface area contributed by atoms with Crippen molar-refractivity contribution >= 4 is 15.9 Å². The normalized spacial score (nSPS) is 18.8. The van der Waals surface area contributed by atoms with Crippen LogP contribution in [0.25, 0.3) is 0 Å². The van der Waals surface area contributed by atoms with Crippen LogP contribution in [-0.2, 0) is 0 Å². The highest BCUT2D eigenvalue weighted by molar-refractivity contribution is 9.09. The molecule has 0 N–H and O–H groups in total. The molecule has 12 heavy (non-hydrogen) atoms. The highest BCUT2D eigenvalue weighted by Gasteiger charge is 2.13. The number of allylic oxidation sites excluding steroid dienone is 4. The van der Waals surface area contributed by atoms with Gasteiger partial charge in [0.05, 0.1) is 0 Å². The summed E-state index contributed by atoms with van der Waals surface area (Å²) in [6, 6.07) is 0. The molecule has 0 spiro atoms. The Hall–Kier alpha value is -0.0400. The van der Waals surface area contributed by atoms with Crippen LogP contribution in [-0.4, -0.2) is 4.83 Å². The summed E-state index contributed by atoms with van der Waals surface area (Å²) in [4.78, 5) is 0.652. The first-order valence-corrected chi connectivity index (χ1v) is 5.75. The van der Waals surface area contributed by atoms with Gasteiger partial charge in [-0.25, -0.2) is 0 Å². The summed E-state index contributed by atoms with van der Waals surface area (Å²) in [5.74, 6) is 0.641. The average Bonchev–Trinajstić information content (AvgIpc) is 2.56. The van der Waals surface area contributed by atoms with Crippen LogP contribution in [0.3, 0.4) is 0 Å². The van der Waals surface area contributed by atoms with Crippen molar-refractivity contribution in [2.24, 2.45) is 5.92 Å². The molecule has 1 unspecified atom stereocenters. The van der Waals surface area contributed by atoms with E-state index in [9.17, 15) is 0 Å². The summed E-state index contributed by atoms with van der Waals surface area (Å²) in [7, 11) is 0. The summed E-state index contributed by atoms with van der Waals surface area (Å²) in [6.07, 6.45) is 14.1. The monoisotopic (exact) mass is 228 g/mol. The molecule has 0 saturated carbocycles. The van der Waals surface area contributed by atoms with Gasteiger partial charge in [0.1, 0.15) is 0 Å². The van der Waals surface area contributed by atoms with Gasteiger partial charge in [-0.2, -0.15) is 0 Å². The highest BCUT2D eigenvalue weighted by atomic mass is 79.9. The molecule has 0 fully saturated rings. The molecule has 0 bridgehead atoms. The Bertz CT molecular complexity index is 158. The molecule has 1 rings (SSSR count). The van der Waals surface area contributed by atoms with E-state index in [1.807, 2.05) is 0 Å². The molecular weight excluding hydrogens is 212 g/mol. The van der Waals surface area contributed by atoms with Crippen molar-refractivity contribution in [2.75, 3.05) is 0 Å². The Morgan fingerprint density at radius 1 is 1.25 bits per heavy atom. The van der Waals surface area contributed by atoms with Gasteiger partial charge in [-0.1, -0.05) is 66.4 Å². The number of rotatable bonds is 5. The van der Waals surface area contributed by atoms with Gasteiger partial charge in [0.25, 0.3) is 0 Å². The van der Waals surface area contributed by atoms with E-state index in [2.05, 4.69) is 47.2 Å². The Morgan fingerprint density at radius 2 is 1.92 bits per heavy atom. The minimum Gasteiger partial charge on any atom is -0.0881 e. The van der Waals surface area contributed by atoms with E-state index in [1.54, 1.807) is 0 Å². The zero-order chi connectivity index (χ0) is 8.81. The van der Waals surface area contributed by atoms with Crippen LogP contribution in [0.2, 0.25) is 0 Å². The van der Waals surface area contributed by atoms with E-state index in [-0.39, 0.29) is 0 Å². The summed E-state index contributed by atoms with van der Waals surface area (Å²) in [5, 5.41) is 0. The molecule has 0 aromatic carbocycles. The van der Waals surface area contributed by atoms with E-state index in [0.29, 0.717) is 10.7 Å². The first-order chi connectivity index (χ1) is 5.84. The maximum absolute atomic E-state index is 3.73. The van der Waals surface area contributed by atoms with Crippen LogP contribution in [0.1, 0.15) is 32.6 Å². The molecule has 0 aromatic rings. The van der Waals surface area contributed by atoms with Crippen LogP contribution in [0.4, 0.5) is 0 Å². The zero-order valence-corrected chi connectivity index (χ0v) is 9.26. The maximum atomic E-state index is 3.73. The lowest BCUT2D eigenvalue weighted by Gasteiger charge is -2.13. The third-order valence-corrected chi connectivity index (χ3v) is 3.35. The topological polar surface area (TPSA) is 0 Å². The fourth-order valence-corrected chi connectivity index (χ4v) is 2.15. The molecule has 0 aliphatic heterocycles. The molecular formula is C11H17Br. The molecule has 0 radical (unpaired) electrons. The van der Waals surface area contributed by atoms with Crippen molar-refractivity contribution in [3.05, 3.63) is 24.3 Å². The summed E-state index contributed by atoms with van der Waals surface area (Å²) in [5.41, 5.74) is 0. The molecule has 1 aliphatic carbocycles. The van der Waals surface area contributed by atoms with E-state index in [1.165, 1.54) is 25.7 Å². The second kappa shape index (κ2) is 5.58. The lowest BCUT2D eigenvalue weighted by atomic mass is 10.0. The molecule has 1 aliphatic rings. The smallest absolute Gasteiger partial charge is 0.0243 e. The largest absolute Gasteiger partial charge is 0.0881 e. The SMILES string of the molecule is CCCCCC(Br)C1C=CC=C1. The minimum atomic E-state index is 0.641. The summed E-state index contributed by atoms with van der Waals surface area (Å²) in [6.45, 7) is 2.25. The third-order valence-electron chi connectivity index (χ3n) is 2.28. The highest BCUT2D eigenvalue weighted by Crippen LogP contribution is 2.24. The van der Waals surface area contributed by atoms with Crippen molar-refractivity contribution in [3.63, 3.8) is 0 Å². The molecule has 0 saturated heterocycles. The lowest BCUT2D eigenvalue weighted by molar-refractivity contribution is 0.613. The molecule has 1 heteroatoms. The quantitative estimate of drug-likeness (QED) is 0.492. The van der Waals surface area contributed by atoms with Crippen molar-refractivity contribution < 1.29 is 0 Å². The Kier molecular flexibility index (Phi) is 4.67. The number of halogens is 1. The predicted molar refractivity (Wildman–Crippen MR) is 58.6 cm³/mol. The third kappa shape index (κ3) is 3.14. The molecule has 0 heterocycles. The standard InChI is InChI=1S/C11H17Br/c1-2-3-4-9-11(12)10-7-5-6-8-10/h5-8,10-11H,2-4,9H2,1H3. The Balaban J connectivity index is 2.15. The zero-order valence-electron chi connectivity index (χ0n) is 7.67. The van der Waals surface area contributed by atoms with Gasteiger partial charge in [0.15, 0.2) is 0 Å². The van der Waals surface area contributed by atoms with Crippen LogP contribution < -0.4 is 0 Å². The van der Waals surface area contributed by atoms with Gasteiger partial charge in [-0.05, 0) is 6.42 Å². The van der Waals surface area contributed by atoms with Gasteiger partial charge in [-0.3, -0.25) is 0 Å². The van der Waals surface area contributed by atoms with Gasteiger partial charge >= 0.3 is 0 Å². The summed E-state index contributed by atoms with van der Waals surface area (Å²) < 4.78 is 0. The van der Waals surface area contributed by atoms with E-state index in [4.69, 9.17) is 0 Å². The van der Waals surface area contributed by atoms with Crippen molar-refractivity contribution in [2.45, 2.75) is 37.4 Å². The Labute approximate surface area is 83.9 Å². The predicted octanol–water partition coefficient (Wildman–Crippen LogP) is 4.07. The van der Waals surface area contributed by atoms with Crippen LogP contribution in [0.5, 0.6) is 0 Å². The summed E-state index contributed by atoms with van der Waals surface area (Å²) >= 11 is 3.73. The fourth-order valence-electron chi connectivity index (χ4n) is 1.47. The van der Waals surface area contributed by atoms with Gasteiger partial charge in [0.2, 0.25) is 0 Å². The number of hydrogen-bond acceptors (Lipinski definition) is 0. The average molecular weight is 229 g/mol. The van der Waals surface area contributed by atoms with Gasteiger partial charge < -0.3 is 0 Å². The van der Waals surface area contributed by atoms with Crippen LogP contribution in [0.15, 0.2) is 24.3 Å². The van der Waals surface area contributed by atoms with Crippen molar-refractivity contribution in [1.29, 1.82) is 0 Å². The Morgan fingerprint density at radius 3 is 2.50 bits per heavy atom. The number of unbranched alkanes of at least 4 members (excludes halogenated alkanes) is 2. The first kappa shape index (κ1) is 10.0. The maximum Gasteiger partial charge on any atom is 0.0243 e. The second-order valence-electron chi connectivity index (χ2n) is 3.36. The van der Waals surface area contributed by atoms with Gasteiger partial charge in [0, 0.05) is 10.7 Å². The minimum absolute atomic E-state index is 0.641. The van der Waals surface area contributed by atoms with Crippen molar-refractivity contribution in [3.8, 4) is 0 Å². The van der Waals surface area contributed by atoms with Crippen LogP contribution >= 0.6 is 15.9 Å². The number of hydrogen-bond donors (Lipinski definition) is 0. The fraction of sp³-hybridized carbons (Fsp3) is 0.636. The number of alkyl halides is 1. The first-order valence-electron chi connectivity index (χ1n) is 4.83.